The molecule has 0 fully saturated rings. The molecule has 0 spiro atoms. The first-order valence-electron chi connectivity index (χ1n) is 5.31. The van der Waals surface area contributed by atoms with E-state index in [1.807, 2.05) is 35.2 Å². The number of benzene rings is 1. The van der Waals surface area contributed by atoms with Crippen LogP contribution in [-0.4, -0.2) is 15.7 Å². The number of aromatic nitrogens is 2. The molecule has 2 rings (SSSR count). The third-order valence-electron chi connectivity index (χ3n) is 2.48. The fourth-order valence-corrected chi connectivity index (χ4v) is 1.94. The predicted molar refractivity (Wildman–Crippen MR) is 67.9 cm³/mol. The molecule has 2 aromatic rings. The first-order chi connectivity index (χ1) is 7.81. The van der Waals surface area contributed by atoms with Gasteiger partial charge in [0.15, 0.2) is 4.77 Å². The van der Waals surface area contributed by atoms with Crippen molar-refractivity contribution in [3.63, 3.8) is 0 Å². The molecule has 2 N–H and O–H groups in total. The highest BCUT2D eigenvalue weighted by Gasteiger charge is 1.99. The summed E-state index contributed by atoms with van der Waals surface area (Å²) in [7, 11) is 0. The van der Waals surface area contributed by atoms with E-state index in [1.165, 1.54) is 5.56 Å². The maximum absolute atomic E-state index is 5.51. The molecule has 16 heavy (non-hydrogen) atoms. The molecule has 0 aliphatic carbocycles. The van der Waals surface area contributed by atoms with Crippen LogP contribution in [0.4, 0.5) is 0 Å². The Morgan fingerprint density at radius 3 is 2.44 bits per heavy atom. The molecule has 0 bridgehead atoms. The maximum atomic E-state index is 5.51. The highest BCUT2D eigenvalue weighted by atomic mass is 32.1. The van der Waals surface area contributed by atoms with Gasteiger partial charge in [-0.05, 0) is 17.8 Å². The second kappa shape index (κ2) is 5.09. The second-order valence-corrected chi connectivity index (χ2v) is 4.04. The Hall–Kier alpha value is -1.39. The number of nitrogens with two attached hydrogens (primary N) is 1. The molecule has 84 valence electrons. The van der Waals surface area contributed by atoms with Crippen LogP contribution in [0.1, 0.15) is 5.56 Å². The maximum Gasteiger partial charge on any atom is 0.180 e. The summed E-state index contributed by atoms with van der Waals surface area (Å²) in [5, 5.41) is 0. The van der Waals surface area contributed by atoms with Crippen LogP contribution in [0.3, 0.4) is 0 Å². The van der Waals surface area contributed by atoms with E-state index >= 15 is 0 Å². The molecule has 0 unspecified atom stereocenters. The number of hydrogen-bond donors (Lipinski definition) is 1. The van der Waals surface area contributed by atoms with Crippen molar-refractivity contribution in [2.45, 2.75) is 13.1 Å². The Kier molecular flexibility index (Phi) is 3.54. The lowest BCUT2D eigenvalue weighted by Crippen LogP contribution is -2.10. The van der Waals surface area contributed by atoms with Gasteiger partial charge < -0.3 is 14.9 Å². The molecule has 0 aliphatic rings. The fraction of sp³-hybridized carbons (Fsp3) is 0.250. The van der Waals surface area contributed by atoms with Crippen molar-refractivity contribution in [2.75, 3.05) is 6.54 Å². The second-order valence-electron chi connectivity index (χ2n) is 3.68. The zero-order chi connectivity index (χ0) is 11.4. The van der Waals surface area contributed by atoms with Gasteiger partial charge in [0, 0.05) is 32.0 Å². The zero-order valence-corrected chi connectivity index (χ0v) is 9.86. The first-order valence-corrected chi connectivity index (χ1v) is 5.71. The highest BCUT2D eigenvalue weighted by Crippen LogP contribution is 2.04. The van der Waals surface area contributed by atoms with Gasteiger partial charge in [0.1, 0.15) is 0 Å². The Bertz CT molecular complexity index is 498. The zero-order valence-electron chi connectivity index (χ0n) is 9.04. The number of rotatable bonds is 4. The fourth-order valence-electron chi connectivity index (χ4n) is 1.66. The van der Waals surface area contributed by atoms with Crippen molar-refractivity contribution < 1.29 is 0 Å². The summed E-state index contributed by atoms with van der Waals surface area (Å²) in [4.78, 5) is 0. The third-order valence-corrected chi connectivity index (χ3v) is 2.95. The Morgan fingerprint density at radius 1 is 1.06 bits per heavy atom. The highest BCUT2D eigenvalue weighted by molar-refractivity contribution is 7.71. The molecule has 1 aromatic carbocycles. The van der Waals surface area contributed by atoms with Crippen molar-refractivity contribution in [1.82, 2.24) is 9.13 Å². The van der Waals surface area contributed by atoms with Gasteiger partial charge >= 0.3 is 0 Å². The molecule has 3 nitrogen and oxygen atoms in total. The van der Waals surface area contributed by atoms with Crippen LogP contribution in [0.2, 0.25) is 0 Å². The predicted octanol–water partition coefficient (Wildman–Crippen LogP) is 2.03. The lowest BCUT2D eigenvalue weighted by molar-refractivity contribution is 0.665. The van der Waals surface area contributed by atoms with Crippen molar-refractivity contribution in [1.29, 1.82) is 0 Å². The summed E-state index contributed by atoms with van der Waals surface area (Å²) >= 11 is 5.36. The van der Waals surface area contributed by atoms with E-state index in [0.717, 1.165) is 17.9 Å². The molecular weight excluding hydrogens is 218 g/mol. The van der Waals surface area contributed by atoms with Gasteiger partial charge in [-0.15, -0.1) is 0 Å². The Labute approximate surface area is 100 Å². The average Bonchev–Trinajstić information content (AvgIpc) is 2.64. The van der Waals surface area contributed by atoms with E-state index < -0.39 is 0 Å². The average molecular weight is 233 g/mol. The lowest BCUT2D eigenvalue weighted by atomic mass is 10.2. The molecule has 0 saturated carbocycles. The molecule has 1 aromatic heterocycles. The number of hydrogen-bond acceptors (Lipinski definition) is 2. The summed E-state index contributed by atoms with van der Waals surface area (Å²) in [5.74, 6) is 0. The summed E-state index contributed by atoms with van der Waals surface area (Å²) in [6.07, 6.45) is 3.99. The molecule has 0 aliphatic heterocycles. The first kappa shape index (κ1) is 11.1. The van der Waals surface area contributed by atoms with Gasteiger partial charge in [-0.1, -0.05) is 30.3 Å². The molecule has 4 heteroatoms. The van der Waals surface area contributed by atoms with Gasteiger partial charge in [0.2, 0.25) is 0 Å². The third kappa shape index (κ3) is 2.40. The summed E-state index contributed by atoms with van der Waals surface area (Å²) in [6, 6.07) is 10.3. The molecule has 0 atom stereocenters. The van der Waals surface area contributed by atoms with E-state index in [9.17, 15) is 0 Å². The number of imidazole rings is 1. The minimum absolute atomic E-state index is 0.615. The smallest absolute Gasteiger partial charge is 0.180 e. The number of nitrogens with zero attached hydrogens (tertiary/aromatic N) is 2. The van der Waals surface area contributed by atoms with Crippen molar-refractivity contribution in [3.05, 3.63) is 53.1 Å². The van der Waals surface area contributed by atoms with Crippen LogP contribution < -0.4 is 5.73 Å². The van der Waals surface area contributed by atoms with Gasteiger partial charge in [-0.3, -0.25) is 0 Å². The van der Waals surface area contributed by atoms with E-state index in [4.69, 9.17) is 18.0 Å². The Balaban J connectivity index is 2.20. The van der Waals surface area contributed by atoms with E-state index in [-0.39, 0.29) is 0 Å². The van der Waals surface area contributed by atoms with Crippen LogP contribution in [0.15, 0.2) is 42.7 Å². The molecule has 0 amide bonds. The van der Waals surface area contributed by atoms with Crippen molar-refractivity contribution in [3.8, 4) is 0 Å². The topological polar surface area (TPSA) is 35.9 Å². The molecule has 1 heterocycles. The van der Waals surface area contributed by atoms with Gasteiger partial charge in [0.05, 0.1) is 0 Å². The van der Waals surface area contributed by atoms with Crippen LogP contribution in [0.25, 0.3) is 0 Å². The van der Waals surface area contributed by atoms with Crippen LogP contribution >= 0.6 is 12.2 Å². The van der Waals surface area contributed by atoms with Crippen LogP contribution in [0.5, 0.6) is 0 Å². The largest absolute Gasteiger partial charge is 0.329 e. The van der Waals surface area contributed by atoms with E-state index in [0.29, 0.717) is 6.54 Å². The van der Waals surface area contributed by atoms with E-state index in [2.05, 4.69) is 16.7 Å². The molecule has 0 saturated heterocycles. The Morgan fingerprint density at radius 2 is 1.75 bits per heavy atom. The minimum Gasteiger partial charge on any atom is -0.329 e. The van der Waals surface area contributed by atoms with Gasteiger partial charge in [-0.2, -0.15) is 0 Å². The van der Waals surface area contributed by atoms with Crippen molar-refractivity contribution in [2.24, 2.45) is 5.73 Å². The SMILES string of the molecule is NCCn1ccn(Cc2ccccc2)c1=S. The summed E-state index contributed by atoms with van der Waals surface area (Å²) in [6.45, 7) is 2.21. The van der Waals surface area contributed by atoms with Gasteiger partial charge in [-0.25, -0.2) is 0 Å². The molecule has 0 radical (unpaired) electrons. The normalized spacial score (nSPS) is 10.6. The monoisotopic (exact) mass is 233 g/mol. The minimum atomic E-state index is 0.615. The van der Waals surface area contributed by atoms with Crippen LogP contribution in [0, 0.1) is 4.77 Å². The van der Waals surface area contributed by atoms with Gasteiger partial charge in [0.25, 0.3) is 0 Å². The lowest BCUT2D eigenvalue weighted by Gasteiger charge is -2.03. The quantitative estimate of drug-likeness (QED) is 0.820. The summed E-state index contributed by atoms with van der Waals surface area (Å²) in [5.41, 5.74) is 6.77. The van der Waals surface area contributed by atoms with E-state index in [1.54, 1.807) is 0 Å². The summed E-state index contributed by atoms with van der Waals surface area (Å²) < 4.78 is 4.88. The van der Waals surface area contributed by atoms with Crippen LogP contribution in [-0.2, 0) is 13.1 Å². The van der Waals surface area contributed by atoms with Crippen molar-refractivity contribution >= 4 is 12.2 Å². The standard InChI is InChI=1S/C12H15N3S/c13-6-7-14-8-9-15(12(14)16)10-11-4-2-1-3-5-11/h1-5,8-9H,6-7,10,13H2. The molecular formula is C12H15N3S.